The highest BCUT2D eigenvalue weighted by molar-refractivity contribution is 7.89. The van der Waals surface area contributed by atoms with Gasteiger partial charge in [0.15, 0.2) is 9.84 Å². The summed E-state index contributed by atoms with van der Waals surface area (Å²) in [5, 5.41) is 3.46. The largest absolute Gasteiger partial charge is 0.339 e. The van der Waals surface area contributed by atoms with Crippen molar-refractivity contribution in [2.45, 2.75) is 18.7 Å². The molecule has 1 aliphatic rings. The summed E-state index contributed by atoms with van der Waals surface area (Å²) >= 11 is 6.14. The summed E-state index contributed by atoms with van der Waals surface area (Å²) in [6, 6.07) is 14.3. The predicted octanol–water partition coefficient (Wildman–Crippen LogP) is 2.48. The van der Waals surface area contributed by atoms with Gasteiger partial charge in [0, 0.05) is 44.0 Å². The van der Waals surface area contributed by atoms with Crippen LogP contribution in [0.2, 0.25) is 5.02 Å². The van der Waals surface area contributed by atoms with Crippen molar-refractivity contribution in [3.8, 4) is 0 Å². The molecule has 0 atom stereocenters. The summed E-state index contributed by atoms with van der Waals surface area (Å²) in [7, 11) is -3.07. The van der Waals surface area contributed by atoms with Crippen LogP contribution in [0.25, 0.3) is 0 Å². The maximum atomic E-state index is 12.5. The molecule has 9 heteroatoms. The van der Waals surface area contributed by atoms with E-state index in [0.717, 1.165) is 16.7 Å². The SMILES string of the molecule is CS(=O)(=O)Cc1ccc(CNC(=O)N2CCN(C(=O)Cc3ccccc3Cl)CC2)cc1. The number of hydrogen-bond donors (Lipinski definition) is 1. The monoisotopic (exact) mass is 463 g/mol. The number of hydrogen-bond acceptors (Lipinski definition) is 4. The van der Waals surface area contributed by atoms with Crippen LogP contribution in [-0.2, 0) is 33.4 Å². The Labute approximate surface area is 187 Å². The number of amides is 3. The van der Waals surface area contributed by atoms with E-state index in [0.29, 0.717) is 37.7 Å². The Kier molecular flexibility index (Phi) is 7.56. The number of carbonyl (C=O) groups is 2. The molecule has 1 aliphatic heterocycles. The van der Waals surface area contributed by atoms with E-state index in [1.165, 1.54) is 6.26 Å². The first-order valence-electron chi connectivity index (χ1n) is 10.0. The molecule has 7 nitrogen and oxygen atoms in total. The second-order valence-electron chi connectivity index (χ2n) is 7.68. The first-order chi connectivity index (χ1) is 14.7. The average Bonchev–Trinajstić information content (AvgIpc) is 2.73. The van der Waals surface area contributed by atoms with E-state index in [4.69, 9.17) is 11.6 Å². The van der Waals surface area contributed by atoms with E-state index in [1.807, 2.05) is 30.3 Å². The lowest BCUT2D eigenvalue weighted by atomic mass is 10.1. The fraction of sp³-hybridized carbons (Fsp3) is 0.364. The van der Waals surface area contributed by atoms with E-state index in [-0.39, 0.29) is 24.1 Å². The molecule has 0 spiro atoms. The summed E-state index contributed by atoms with van der Waals surface area (Å²) in [5.74, 6) is 0.00129. The zero-order valence-corrected chi connectivity index (χ0v) is 19.0. The minimum absolute atomic E-state index is 0.000878. The normalized spacial score (nSPS) is 14.4. The van der Waals surface area contributed by atoms with Gasteiger partial charge in [-0.15, -0.1) is 0 Å². The van der Waals surface area contributed by atoms with Gasteiger partial charge >= 0.3 is 6.03 Å². The van der Waals surface area contributed by atoms with E-state index < -0.39 is 9.84 Å². The molecule has 0 aromatic heterocycles. The molecule has 1 saturated heterocycles. The van der Waals surface area contributed by atoms with Gasteiger partial charge in [-0.1, -0.05) is 54.1 Å². The molecule has 31 heavy (non-hydrogen) atoms. The summed E-state index contributed by atoms with van der Waals surface area (Å²) in [6.45, 7) is 2.25. The molecule has 0 saturated carbocycles. The Morgan fingerprint density at radius 3 is 2.13 bits per heavy atom. The number of halogens is 1. The van der Waals surface area contributed by atoms with Crippen molar-refractivity contribution < 1.29 is 18.0 Å². The molecule has 3 rings (SSSR count). The molecule has 1 fully saturated rings. The van der Waals surface area contributed by atoms with Crippen molar-refractivity contribution in [2.24, 2.45) is 0 Å². The third-order valence-electron chi connectivity index (χ3n) is 5.11. The van der Waals surface area contributed by atoms with Crippen molar-refractivity contribution in [1.29, 1.82) is 0 Å². The highest BCUT2D eigenvalue weighted by Crippen LogP contribution is 2.17. The van der Waals surface area contributed by atoms with Crippen molar-refractivity contribution in [3.05, 3.63) is 70.2 Å². The summed E-state index contributed by atoms with van der Waals surface area (Å²) < 4.78 is 22.7. The third kappa shape index (κ3) is 6.97. The molecule has 2 aromatic carbocycles. The lowest BCUT2D eigenvalue weighted by Crippen LogP contribution is -2.53. The van der Waals surface area contributed by atoms with E-state index in [2.05, 4.69) is 5.32 Å². The Balaban J connectivity index is 1.44. The minimum Gasteiger partial charge on any atom is -0.339 e. The lowest BCUT2D eigenvalue weighted by molar-refractivity contribution is -0.131. The van der Waals surface area contributed by atoms with E-state index in [1.54, 1.807) is 28.0 Å². The number of nitrogens with zero attached hydrogens (tertiary/aromatic N) is 2. The van der Waals surface area contributed by atoms with Crippen LogP contribution in [0.5, 0.6) is 0 Å². The number of rotatable bonds is 6. The molecule has 2 aromatic rings. The first kappa shape index (κ1) is 23.1. The molecule has 0 aliphatic carbocycles. The van der Waals surface area contributed by atoms with E-state index in [9.17, 15) is 18.0 Å². The van der Waals surface area contributed by atoms with Crippen LogP contribution >= 0.6 is 11.6 Å². The number of benzene rings is 2. The Hall–Kier alpha value is -2.58. The Bertz CT molecular complexity index is 1030. The topological polar surface area (TPSA) is 86.8 Å². The van der Waals surface area contributed by atoms with Gasteiger partial charge in [0.25, 0.3) is 0 Å². The highest BCUT2D eigenvalue weighted by atomic mass is 35.5. The number of sulfone groups is 1. The third-order valence-corrected chi connectivity index (χ3v) is 6.34. The summed E-state index contributed by atoms with van der Waals surface area (Å²) in [6.07, 6.45) is 1.45. The van der Waals surface area contributed by atoms with Crippen LogP contribution in [0, 0.1) is 0 Å². The molecule has 3 amide bonds. The highest BCUT2D eigenvalue weighted by Gasteiger charge is 2.24. The molecule has 0 radical (unpaired) electrons. The van der Waals surface area contributed by atoms with Crippen LogP contribution in [0.1, 0.15) is 16.7 Å². The van der Waals surface area contributed by atoms with Gasteiger partial charge in [0.1, 0.15) is 0 Å². The predicted molar refractivity (Wildman–Crippen MR) is 121 cm³/mol. The number of nitrogens with one attached hydrogen (secondary N) is 1. The van der Waals surface area contributed by atoms with Crippen LogP contribution in [-0.4, -0.2) is 62.6 Å². The van der Waals surface area contributed by atoms with Gasteiger partial charge in [0.05, 0.1) is 12.2 Å². The second-order valence-corrected chi connectivity index (χ2v) is 10.2. The van der Waals surface area contributed by atoms with Gasteiger partial charge in [0.2, 0.25) is 5.91 Å². The lowest BCUT2D eigenvalue weighted by Gasteiger charge is -2.34. The minimum atomic E-state index is -3.07. The van der Waals surface area contributed by atoms with Crippen molar-refractivity contribution in [3.63, 3.8) is 0 Å². The van der Waals surface area contributed by atoms with Crippen LogP contribution in [0.4, 0.5) is 4.79 Å². The van der Waals surface area contributed by atoms with Crippen molar-refractivity contribution in [1.82, 2.24) is 15.1 Å². The Morgan fingerprint density at radius 2 is 1.52 bits per heavy atom. The maximum Gasteiger partial charge on any atom is 0.317 e. The second kappa shape index (κ2) is 10.2. The molecule has 0 bridgehead atoms. The number of urea groups is 1. The molecule has 0 unspecified atom stereocenters. The van der Waals surface area contributed by atoms with Crippen LogP contribution in [0.3, 0.4) is 0 Å². The van der Waals surface area contributed by atoms with Gasteiger partial charge < -0.3 is 15.1 Å². The molecular formula is C22H26ClN3O4S. The van der Waals surface area contributed by atoms with Crippen molar-refractivity contribution >= 4 is 33.4 Å². The Morgan fingerprint density at radius 1 is 0.935 bits per heavy atom. The smallest absolute Gasteiger partial charge is 0.317 e. The molecule has 1 heterocycles. The maximum absolute atomic E-state index is 12.5. The standard InChI is InChI=1S/C22H26ClN3O4S/c1-31(29,30)16-18-8-6-17(7-9-18)15-24-22(28)26-12-10-25(11-13-26)21(27)14-19-4-2-3-5-20(19)23/h2-9H,10-16H2,1H3,(H,24,28). The summed E-state index contributed by atoms with van der Waals surface area (Å²) in [4.78, 5) is 28.4. The van der Waals surface area contributed by atoms with Gasteiger partial charge in [-0.25, -0.2) is 13.2 Å². The van der Waals surface area contributed by atoms with Gasteiger partial charge in [-0.3, -0.25) is 4.79 Å². The fourth-order valence-corrected chi connectivity index (χ4v) is 4.42. The van der Waals surface area contributed by atoms with Crippen LogP contribution < -0.4 is 5.32 Å². The van der Waals surface area contributed by atoms with Gasteiger partial charge in [-0.05, 0) is 22.8 Å². The first-order valence-corrected chi connectivity index (χ1v) is 12.4. The quantitative estimate of drug-likeness (QED) is 0.713. The van der Waals surface area contributed by atoms with Crippen LogP contribution in [0.15, 0.2) is 48.5 Å². The molecule has 1 N–H and O–H groups in total. The van der Waals surface area contributed by atoms with E-state index >= 15 is 0 Å². The summed E-state index contributed by atoms with van der Waals surface area (Å²) in [5.41, 5.74) is 2.41. The number of carbonyl (C=O) groups excluding carboxylic acids is 2. The zero-order chi connectivity index (χ0) is 22.4. The number of piperazine rings is 1. The molecule has 166 valence electrons. The average molecular weight is 464 g/mol. The zero-order valence-electron chi connectivity index (χ0n) is 17.4. The van der Waals surface area contributed by atoms with Gasteiger partial charge in [-0.2, -0.15) is 0 Å². The van der Waals surface area contributed by atoms with Crippen molar-refractivity contribution in [2.75, 3.05) is 32.4 Å². The fourth-order valence-electron chi connectivity index (χ4n) is 3.42. The molecular weight excluding hydrogens is 438 g/mol.